The Bertz CT molecular complexity index is 952. The number of aldehydes is 1. The zero-order valence-electron chi connectivity index (χ0n) is 22.9. The molecule has 1 aromatic carbocycles. The Kier molecular flexibility index (Phi) is 12.3. The van der Waals surface area contributed by atoms with Crippen LogP contribution in [-0.2, 0) is 20.9 Å². The number of aliphatic hydroxyl groups excluding tert-OH is 1. The topological polar surface area (TPSA) is 88.0 Å². The zero-order chi connectivity index (χ0) is 26.8. The summed E-state index contributed by atoms with van der Waals surface area (Å²) in [5, 5.41) is 13.3. The van der Waals surface area contributed by atoms with Gasteiger partial charge in [-0.05, 0) is 79.9 Å². The number of aliphatic imine (C=N–C) groups is 1. The number of aryl methyl sites for hydroxylation is 1. The fourth-order valence-electron chi connectivity index (χ4n) is 3.31. The number of carbonyl (C=O) groups is 2. The van der Waals surface area contributed by atoms with Crippen molar-refractivity contribution in [2.24, 2.45) is 16.3 Å². The van der Waals surface area contributed by atoms with Crippen molar-refractivity contribution in [2.45, 2.75) is 87.4 Å². The molecule has 0 radical (unpaired) electrons. The summed E-state index contributed by atoms with van der Waals surface area (Å²) in [5.41, 5.74) is 5.15. The van der Waals surface area contributed by atoms with Crippen molar-refractivity contribution in [3.63, 3.8) is 0 Å². The Labute approximate surface area is 211 Å². The first-order valence-electron chi connectivity index (χ1n) is 12.4. The molecule has 2 N–H and O–H groups in total. The van der Waals surface area contributed by atoms with E-state index in [0.29, 0.717) is 12.1 Å². The molecule has 0 fully saturated rings. The summed E-state index contributed by atoms with van der Waals surface area (Å²) < 4.78 is 5.41. The monoisotopic (exact) mass is 484 g/mol. The summed E-state index contributed by atoms with van der Waals surface area (Å²) in [6, 6.07) is 5.15. The van der Waals surface area contributed by atoms with Crippen LogP contribution in [0.1, 0.15) is 72.9 Å². The third-order valence-corrected chi connectivity index (χ3v) is 5.68. The number of rotatable bonds is 12. The molecule has 1 aromatic rings. The van der Waals surface area contributed by atoms with E-state index in [0.717, 1.165) is 40.8 Å². The zero-order valence-corrected chi connectivity index (χ0v) is 22.9. The lowest BCUT2D eigenvalue weighted by atomic mass is 9.94. The van der Waals surface area contributed by atoms with E-state index in [-0.39, 0.29) is 17.9 Å². The highest BCUT2D eigenvalue weighted by Gasteiger charge is 2.26. The predicted octanol–water partition coefficient (Wildman–Crippen LogP) is 5.63. The van der Waals surface area contributed by atoms with Gasteiger partial charge in [0.05, 0.1) is 24.1 Å². The maximum Gasteiger partial charge on any atom is 0.325 e. The summed E-state index contributed by atoms with van der Waals surface area (Å²) in [6.07, 6.45) is 4.72. The van der Waals surface area contributed by atoms with Gasteiger partial charge in [0.1, 0.15) is 12.3 Å². The van der Waals surface area contributed by atoms with Crippen LogP contribution in [0.5, 0.6) is 0 Å². The second kappa shape index (κ2) is 14.1. The molecule has 0 heterocycles. The molecule has 0 saturated heterocycles. The van der Waals surface area contributed by atoms with E-state index in [2.05, 4.69) is 19.2 Å². The Morgan fingerprint density at radius 2 is 1.91 bits per heavy atom. The third-order valence-electron chi connectivity index (χ3n) is 5.68. The second-order valence-electron chi connectivity index (χ2n) is 10.4. The van der Waals surface area contributed by atoms with Gasteiger partial charge in [0.2, 0.25) is 0 Å². The number of aliphatic hydroxyl groups is 1. The van der Waals surface area contributed by atoms with E-state index in [9.17, 15) is 14.7 Å². The highest BCUT2D eigenvalue weighted by molar-refractivity contribution is 6.06. The van der Waals surface area contributed by atoms with Crippen LogP contribution in [0.15, 0.2) is 46.5 Å². The molecule has 1 rings (SSSR count). The molecule has 0 aliphatic heterocycles. The number of ether oxygens (including phenoxy) is 1. The normalized spacial score (nSPS) is 16.0. The van der Waals surface area contributed by atoms with Crippen molar-refractivity contribution < 1.29 is 19.4 Å². The van der Waals surface area contributed by atoms with Gasteiger partial charge < -0.3 is 9.84 Å². The smallest absolute Gasteiger partial charge is 0.325 e. The van der Waals surface area contributed by atoms with Crippen LogP contribution in [0.25, 0.3) is 0 Å². The molecular weight excluding hydrogens is 440 g/mol. The van der Waals surface area contributed by atoms with Gasteiger partial charge in [0.25, 0.3) is 0 Å². The largest absolute Gasteiger partial charge is 0.464 e. The van der Waals surface area contributed by atoms with E-state index < -0.39 is 18.1 Å². The van der Waals surface area contributed by atoms with Crippen LogP contribution in [0.2, 0.25) is 0 Å². The highest BCUT2D eigenvalue weighted by Crippen LogP contribution is 2.25. The summed E-state index contributed by atoms with van der Waals surface area (Å²) in [7, 11) is 0. The molecule has 6 heteroatoms. The molecule has 0 saturated carbocycles. The first-order valence-corrected chi connectivity index (χ1v) is 12.4. The average Bonchev–Trinajstić information content (AvgIpc) is 2.80. The van der Waals surface area contributed by atoms with E-state index in [1.165, 1.54) is 0 Å². The van der Waals surface area contributed by atoms with Gasteiger partial charge in [-0.2, -0.15) is 0 Å². The van der Waals surface area contributed by atoms with E-state index in [1.54, 1.807) is 13.8 Å². The molecule has 0 bridgehead atoms. The van der Waals surface area contributed by atoms with Gasteiger partial charge in [-0.15, -0.1) is 0 Å². The number of esters is 1. The number of nitrogens with zero attached hydrogens (tertiary/aromatic N) is 1. The molecule has 35 heavy (non-hydrogen) atoms. The van der Waals surface area contributed by atoms with Crippen LogP contribution in [0.3, 0.4) is 0 Å². The highest BCUT2D eigenvalue weighted by atomic mass is 16.5. The molecule has 194 valence electrons. The Balaban J connectivity index is 3.22. The quantitative estimate of drug-likeness (QED) is 0.132. The van der Waals surface area contributed by atoms with Crippen LogP contribution in [-0.4, -0.2) is 41.8 Å². The summed E-state index contributed by atoms with van der Waals surface area (Å²) in [5.74, 6) is -0.260. The number of nitrogens with one attached hydrogen (secondary N) is 1. The molecule has 0 aliphatic rings. The maximum atomic E-state index is 12.5. The van der Waals surface area contributed by atoms with Crippen LogP contribution >= 0.6 is 0 Å². The van der Waals surface area contributed by atoms with Gasteiger partial charge in [0, 0.05) is 6.54 Å². The van der Waals surface area contributed by atoms with Crippen molar-refractivity contribution in [1.29, 1.82) is 0 Å². The number of benzene rings is 1. The van der Waals surface area contributed by atoms with Crippen LogP contribution < -0.4 is 5.32 Å². The van der Waals surface area contributed by atoms with Gasteiger partial charge >= 0.3 is 5.97 Å². The number of allylic oxidation sites excluding steroid dienone is 4. The summed E-state index contributed by atoms with van der Waals surface area (Å²) in [4.78, 5) is 28.8. The molecule has 0 amide bonds. The number of hydrogen-bond acceptors (Lipinski definition) is 6. The van der Waals surface area contributed by atoms with Crippen LogP contribution in [0, 0.1) is 18.3 Å². The van der Waals surface area contributed by atoms with Crippen molar-refractivity contribution in [2.75, 3.05) is 6.61 Å². The number of hydrogen-bond donors (Lipinski definition) is 2. The Morgan fingerprint density at radius 1 is 1.26 bits per heavy atom. The molecule has 2 unspecified atom stereocenters. The van der Waals surface area contributed by atoms with Gasteiger partial charge in [-0.25, -0.2) is 0 Å². The molecule has 0 aromatic heterocycles. The van der Waals surface area contributed by atoms with Crippen LogP contribution in [0.4, 0.5) is 5.69 Å². The average molecular weight is 485 g/mol. The standard InChI is InChI=1S/C29H44N2O4/c1-10-20(4)26(24(11-2)14-19(3)17-32)31-25-15-23(13-12-21(25)5)16-30-27(22(6)33)28(34)35-18-29(7,8)9/h11-15,17,20,22,27,30,33H,10,16,18H2,1-9H3/b19-14-,24-11+,31-26?/t20?,22?,27-/m0/s1. The van der Waals surface area contributed by atoms with Gasteiger partial charge in [-0.3, -0.25) is 19.9 Å². The predicted molar refractivity (Wildman–Crippen MR) is 144 cm³/mol. The third kappa shape index (κ3) is 10.3. The first-order chi connectivity index (χ1) is 16.3. The van der Waals surface area contributed by atoms with Crippen molar-refractivity contribution in [3.8, 4) is 0 Å². The lowest BCUT2D eigenvalue weighted by Crippen LogP contribution is -2.46. The summed E-state index contributed by atoms with van der Waals surface area (Å²) >= 11 is 0. The molecule has 6 nitrogen and oxygen atoms in total. The SMILES string of the molecule is C/C=C(\C=C(\C)C=O)C(=Nc1cc(CN[C@H](C(=O)OCC(C)(C)C)C(C)O)ccc1C)C(C)CC. The van der Waals surface area contributed by atoms with E-state index in [4.69, 9.17) is 9.73 Å². The Hall–Kier alpha value is -2.57. The minimum absolute atomic E-state index is 0.151. The molecule has 0 aliphatic carbocycles. The van der Waals surface area contributed by atoms with Gasteiger partial charge in [-0.1, -0.05) is 52.8 Å². The fraction of sp³-hybridized carbons (Fsp3) is 0.552. The Morgan fingerprint density at radius 3 is 2.43 bits per heavy atom. The van der Waals surface area contributed by atoms with Crippen molar-refractivity contribution in [3.05, 3.63) is 52.6 Å². The van der Waals surface area contributed by atoms with Crippen molar-refractivity contribution >= 4 is 23.7 Å². The second-order valence-corrected chi connectivity index (χ2v) is 10.4. The molecule has 3 atom stereocenters. The first kappa shape index (κ1) is 30.5. The maximum absolute atomic E-state index is 12.5. The lowest BCUT2D eigenvalue weighted by molar-refractivity contribution is -0.151. The van der Waals surface area contributed by atoms with E-state index in [1.807, 2.05) is 65.0 Å². The molecule has 0 spiro atoms. The lowest BCUT2D eigenvalue weighted by Gasteiger charge is -2.23. The summed E-state index contributed by atoms with van der Waals surface area (Å²) in [6.45, 7) is 18.2. The van der Waals surface area contributed by atoms with Gasteiger partial charge in [0.15, 0.2) is 0 Å². The molecular formula is C29H44N2O4. The van der Waals surface area contributed by atoms with Crippen molar-refractivity contribution in [1.82, 2.24) is 5.32 Å². The fourth-order valence-corrected chi connectivity index (χ4v) is 3.31. The number of carbonyl (C=O) groups excluding carboxylic acids is 2. The minimum atomic E-state index is -0.896. The van der Waals surface area contributed by atoms with E-state index >= 15 is 0 Å². The minimum Gasteiger partial charge on any atom is -0.464 e.